The zero-order chi connectivity index (χ0) is 16.2. The summed E-state index contributed by atoms with van der Waals surface area (Å²) in [6, 6.07) is 15.6. The number of rotatable bonds is 3. The molecule has 0 atom stereocenters. The van der Waals surface area contributed by atoms with E-state index in [1.165, 1.54) is 11.0 Å². The summed E-state index contributed by atoms with van der Waals surface area (Å²) in [5, 5.41) is 0. The van der Waals surface area contributed by atoms with Crippen LogP contribution in [0.4, 0.5) is 10.1 Å². The van der Waals surface area contributed by atoms with Crippen molar-refractivity contribution in [1.29, 1.82) is 0 Å². The van der Waals surface area contributed by atoms with Gasteiger partial charge < -0.3 is 9.80 Å². The summed E-state index contributed by atoms with van der Waals surface area (Å²) in [4.78, 5) is 27.8. The van der Waals surface area contributed by atoms with Crippen LogP contribution >= 0.6 is 0 Å². The number of benzene rings is 2. The first-order valence-electron chi connectivity index (χ1n) is 7.52. The number of para-hydroxylation sites is 1. The van der Waals surface area contributed by atoms with Crippen LogP contribution in [0.1, 0.15) is 5.56 Å². The summed E-state index contributed by atoms with van der Waals surface area (Å²) < 4.78 is 13.6. The molecule has 1 heterocycles. The van der Waals surface area contributed by atoms with E-state index in [0.717, 1.165) is 5.69 Å². The highest BCUT2D eigenvalue weighted by Gasteiger charge is 2.28. The van der Waals surface area contributed by atoms with Crippen molar-refractivity contribution in [2.45, 2.75) is 6.42 Å². The number of anilines is 1. The van der Waals surface area contributed by atoms with Gasteiger partial charge >= 0.3 is 0 Å². The molecule has 3 rings (SSSR count). The molecule has 23 heavy (non-hydrogen) atoms. The van der Waals surface area contributed by atoms with E-state index < -0.39 is 5.82 Å². The van der Waals surface area contributed by atoms with Crippen LogP contribution in [0.15, 0.2) is 54.6 Å². The second kappa shape index (κ2) is 6.60. The van der Waals surface area contributed by atoms with E-state index in [9.17, 15) is 14.0 Å². The van der Waals surface area contributed by atoms with Crippen molar-refractivity contribution in [2.75, 3.05) is 24.5 Å². The fourth-order valence-corrected chi connectivity index (χ4v) is 2.68. The van der Waals surface area contributed by atoms with Gasteiger partial charge in [0.1, 0.15) is 12.4 Å². The Labute approximate surface area is 134 Å². The Kier molecular flexibility index (Phi) is 4.37. The molecule has 0 aliphatic carbocycles. The average molecular weight is 312 g/mol. The normalized spacial score (nSPS) is 14.9. The summed E-state index contributed by atoms with van der Waals surface area (Å²) >= 11 is 0. The van der Waals surface area contributed by atoms with Crippen LogP contribution in [-0.4, -0.2) is 36.3 Å². The van der Waals surface area contributed by atoms with Crippen LogP contribution in [0.5, 0.6) is 0 Å². The lowest BCUT2D eigenvalue weighted by Gasteiger charge is -2.34. The Morgan fingerprint density at radius 2 is 1.70 bits per heavy atom. The summed E-state index contributed by atoms with van der Waals surface area (Å²) in [7, 11) is 0. The van der Waals surface area contributed by atoms with Gasteiger partial charge in [0.05, 0.1) is 6.42 Å². The number of halogens is 1. The van der Waals surface area contributed by atoms with E-state index in [4.69, 9.17) is 0 Å². The highest BCUT2D eigenvalue weighted by molar-refractivity contribution is 5.98. The first kappa shape index (κ1) is 15.2. The smallest absolute Gasteiger partial charge is 0.246 e. The minimum absolute atomic E-state index is 0.0225. The molecule has 2 aromatic rings. The van der Waals surface area contributed by atoms with Crippen molar-refractivity contribution in [1.82, 2.24) is 4.90 Å². The third-order valence-corrected chi connectivity index (χ3v) is 3.94. The zero-order valence-corrected chi connectivity index (χ0v) is 12.6. The van der Waals surface area contributed by atoms with E-state index in [0.29, 0.717) is 18.7 Å². The number of nitrogens with zero attached hydrogens (tertiary/aromatic N) is 2. The number of carbonyl (C=O) groups is 2. The molecule has 1 fully saturated rings. The highest BCUT2D eigenvalue weighted by atomic mass is 19.1. The molecule has 0 aromatic heterocycles. The van der Waals surface area contributed by atoms with Gasteiger partial charge in [-0.1, -0.05) is 36.4 Å². The molecular weight excluding hydrogens is 295 g/mol. The fourth-order valence-electron chi connectivity index (χ4n) is 2.68. The lowest BCUT2D eigenvalue weighted by atomic mass is 10.1. The lowest BCUT2D eigenvalue weighted by molar-refractivity contribution is -0.136. The summed E-state index contributed by atoms with van der Waals surface area (Å²) in [5.74, 6) is -0.740. The topological polar surface area (TPSA) is 40.6 Å². The van der Waals surface area contributed by atoms with Gasteiger partial charge in [-0.3, -0.25) is 9.59 Å². The fraction of sp³-hybridized carbons (Fsp3) is 0.222. The number of carbonyl (C=O) groups excluding carboxylic acids is 2. The van der Waals surface area contributed by atoms with Crippen LogP contribution < -0.4 is 4.90 Å². The van der Waals surface area contributed by atoms with Gasteiger partial charge in [-0.2, -0.15) is 0 Å². The second-order valence-electron chi connectivity index (χ2n) is 5.46. The van der Waals surface area contributed by atoms with Gasteiger partial charge in [0.2, 0.25) is 11.8 Å². The zero-order valence-electron chi connectivity index (χ0n) is 12.6. The third-order valence-electron chi connectivity index (χ3n) is 3.94. The molecule has 2 amide bonds. The van der Waals surface area contributed by atoms with Crippen LogP contribution in [0.25, 0.3) is 0 Å². The van der Waals surface area contributed by atoms with E-state index >= 15 is 0 Å². The van der Waals surface area contributed by atoms with Crippen LogP contribution in [0, 0.1) is 5.82 Å². The molecule has 0 radical (unpaired) electrons. The maximum atomic E-state index is 13.6. The molecule has 118 valence electrons. The van der Waals surface area contributed by atoms with Crippen molar-refractivity contribution in [3.8, 4) is 0 Å². The van der Waals surface area contributed by atoms with Gasteiger partial charge in [-0.25, -0.2) is 4.39 Å². The Balaban J connectivity index is 1.65. The van der Waals surface area contributed by atoms with E-state index in [2.05, 4.69) is 0 Å². The van der Waals surface area contributed by atoms with Gasteiger partial charge in [-0.05, 0) is 23.8 Å². The first-order valence-corrected chi connectivity index (χ1v) is 7.52. The summed E-state index contributed by atoms with van der Waals surface area (Å²) in [5.41, 5.74) is 1.19. The van der Waals surface area contributed by atoms with Crippen molar-refractivity contribution >= 4 is 17.5 Å². The van der Waals surface area contributed by atoms with E-state index in [1.54, 1.807) is 23.1 Å². The van der Waals surface area contributed by atoms with Crippen molar-refractivity contribution in [2.24, 2.45) is 0 Å². The predicted molar refractivity (Wildman–Crippen MR) is 85.5 cm³/mol. The molecule has 1 aliphatic rings. The molecule has 0 unspecified atom stereocenters. The van der Waals surface area contributed by atoms with Gasteiger partial charge in [0.25, 0.3) is 0 Å². The SMILES string of the molecule is O=C(Cc1ccccc1F)N1CCN(c2ccccc2)C(=O)C1. The molecule has 0 N–H and O–H groups in total. The number of piperazine rings is 1. The van der Waals surface area contributed by atoms with Crippen molar-refractivity contribution in [3.63, 3.8) is 0 Å². The number of amides is 2. The van der Waals surface area contributed by atoms with E-state index in [1.807, 2.05) is 30.3 Å². The van der Waals surface area contributed by atoms with Crippen molar-refractivity contribution in [3.05, 3.63) is 66.0 Å². The first-order chi connectivity index (χ1) is 11.1. The molecule has 2 aromatic carbocycles. The molecule has 5 heteroatoms. The molecule has 1 saturated heterocycles. The average Bonchev–Trinajstić information content (AvgIpc) is 2.57. The summed E-state index contributed by atoms with van der Waals surface area (Å²) in [6.45, 7) is 0.932. The Morgan fingerprint density at radius 3 is 2.39 bits per heavy atom. The monoisotopic (exact) mass is 312 g/mol. The predicted octanol–water partition coefficient (Wildman–Crippen LogP) is 2.24. The lowest BCUT2D eigenvalue weighted by Crippen LogP contribution is -2.52. The van der Waals surface area contributed by atoms with Crippen LogP contribution in [0.3, 0.4) is 0 Å². The molecule has 0 bridgehead atoms. The Hall–Kier alpha value is -2.69. The molecule has 1 aliphatic heterocycles. The summed E-state index contributed by atoms with van der Waals surface area (Å²) in [6.07, 6.45) is -0.0225. The van der Waals surface area contributed by atoms with Crippen LogP contribution in [-0.2, 0) is 16.0 Å². The quantitative estimate of drug-likeness (QED) is 0.872. The Morgan fingerprint density at radius 1 is 1.00 bits per heavy atom. The number of hydrogen-bond donors (Lipinski definition) is 0. The third kappa shape index (κ3) is 3.39. The minimum Gasteiger partial charge on any atom is -0.331 e. The van der Waals surface area contributed by atoms with Gasteiger partial charge in [0, 0.05) is 18.8 Å². The molecule has 0 spiro atoms. The number of hydrogen-bond acceptors (Lipinski definition) is 2. The molecular formula is C18H17FN2O2. The molecule has 4 nitrogen and oxygen atoms in total. The van der Waals surface area contributed by atoms with Gasteiger partial charge in [0.15, 0.2) is 0 Å². The Bertz CT molecular complexity index is 718. The maximum absolute atomic E-state index is 13.6. The van der Waals surface area contributed by atoms with Crippen LogP contribution in [0.2, 0.25) is 0 Å². The van der Waals surface area contributed by atoms with Gasteiger partial charge in [-0.15, -0.1) is 0 Å². The van der Waals surface area contributed by atoms with E-state index in [-0.39, 0.29) is 24.8 Å². The maximum Gasteiger partial charge on any atom is 0.246 e. The highest BCUT2D eigenvalue weighted by Crippen LogP contribution is 2.17. The van der Waals surface area contributed by atoms with Crippen molar-refractivity contribution < 1.29 is 14.0 Å². The molecule has 0 saturated carbocycles. The standard InChI is InChI=1S/C18H17FN2O2/c19-16-9-5-4-6-14(16)12-17(22)20-10-11-21(18(23)13-20)15-7-2-1-3-8-15/h1-9H,10-13H2. The minimum atomic E-state index is -0.393. The largest absolute Gasteiger partial charge is 0.331 e. The second-order valence-corrected chi connectivity index (χ2v) is 5.46.